The topological polar surface area (TPSA) is 71.3 Å². The van der Waals surface area contributed by atoms with Crippen LogP contribution < -0.4 is 0 Å². The van der Waals surface area contributed by atoms with E-state index >= 15 is 0 Å². The number of hydrogen-bond acceptors (Lipinski definition) is 4. The predicted molar refractivity (Wildman–Crippen MR) is 107 cm³/mol. The average molecular weight is 383 g/mol. The molecular weight excluding hydrogens is 354 g/mol. The summed E-state index contributed by atoms with van der Waals surface area (Å²) < 4.78 is 1.99. The van der Waals surface area contributed by atoms with Gasteiger partial charge in [0, 0.05) is 31.9 Å². The van der Waals surface area contributed by atoms with Crippen LogP contribution in [0.4, 0.5) is 0 Å². The van der Waals surface area contributed by atoms with Gasteiger partial charge in [0.2, 0.25) is 5.91 Å². The van der Waals surface area contributed by atoms with Crippen molar-refractivity contribution >= 4 is 23.0 Å². The van der Waals surface area contributed by atoms with E-state index in [1.807, 2.05) is 20.4 Å². The lowest BCUT2D eigenvalue weighted by Gasteiger charge is -2.44. The Bertz CT molecular complexity index is 903. The third-order valence-corrected chi connectivity index (χ3v) is 6.15. The molecular formula is C21H29N5O2. The van der Waals surface area contributed by atoms with Gasteiger partial charge in [-0.2, -0.15) is 0 Å². The highest BCUT2D eigenvalue weighted by molar-refractivity contribution is 6.01. The lowest BCUT2D eigenvalue weighted by atomic mass is 9.85. The van der Waals surface area contributed by atoms with Crippen LogP contribution in [0.2, 0.25) is 0 Å². The summed E-state index contributed by atoms with van der Waals surface area (Å²) in [5.74, 6) is 0.0299. The minimum absolute atomic E-state index is 0.0994. The summed E-state index contributed by atoms with van der Waals surface area (Å²) in [6, 6.07) is 2.07. The Morgan fingerprint density at radius 1 is 1.21 bits per heavy atom. The number of hydrogen-bond donors (Lipinski definition) is 0. The lowest BCUT2D eigenvalue weighted by Crippen LogP contribution is -2.61. The molecule has 2 fully saturated rings. The van der Waals surface area contributed by atoms with E-state index in [2.05, 4.69) is 30.7 Å². The molecule has 0 N–H and O–H groups in total. The molecule has 2 aromatic rings. The molecule has 2 aliphatic rings. The van der Waals surface area contributed by atoms with Crippen LogP contribution in [-0.4, -0.2) is 61.3 Å². The van der Waals surface area contributed by atoms with E-state index in [0.29, 0.717) is 12.1 Å². The zero-order valence-corrected chi connectivity index (χ0v) is 17.0. The van der Waals surface area contributed by atoms with Gasteiger partial charge in [0.1, 0.15) is 11.1 Å². The van der Waals surface area contributed by atoms with E-state index < -0.39 is 5.54 Å². The van der Waals surface area contributed by atoms with Crippen molar-refractivity contribution in [2.24, 2.45) is 0 Å². The largest absolute Gasteiger partial charge is 0.341 e. The summed E-state index contributed by atoms with van der Waals surface area (Å²) in [6.45, 7) is 8.44. The number of carbonyl (C=O) groups is 2. The van der Waals surface area contributed by atoms with Crippen LogP contribution in [0.15, 0.2) is 18.6 Å². The maximum absolute atomic E-state index is 13.4. The fourth-order valence-corrected chi connectivity index (χ4v) is 4.77. The Hall–Kier alpha value is -2.44. The van der Waals surface area contributed by atoms with Crippen molar-refractivity contribution in [2.45, 2.75) is 64.5 Å². The fourth-order valence-electron chi connectivity index (χ4n) is 4.77. The third kappa shape index (κ3) is 2.88. The molecule has 0 aliphatic carbocycles. The van der Waals surface area contributed by atoms with E-state index in [4.69, 9.17) is 0 Å². The van der Waals surface area contributed by atoms with Crippen LogP contribution in [-0.2, 0) is 4.79 Å². The van der Waals surface area contributed by atoms with Crippen molar-refractivity contribution in [3.63, 3.8) is 0 Å². The first-order valence-corrected chi connectivity index (χ1v) is 10.4. The predicted octanol–water partition coefficient (Wildman–Crippen LogP) is 3.02. The highest BCUT2D eigenvalue weighted by Gasteiger charge is 2.52. The second-order valence-electron chi connectivity index (χ2n) is 8.30. The molecule has 0 aromatic carbocycles. The smallest absolute Gasteiger partial charge is 0.256 e. The average Bonchev–Trinajstić information content (AvgIpc) is 3.29. The van der Waals surface area contributed by atoms with Gasteiger partial charge in [-0.3, -0.25) is 9.59 Å². The van der Waals surface area contributed by atoms with Crippen LogP contribution in [0.25, 0.3) is 11.2 Å². The molecule has 2 amide bonds. The molecule has 2 aliphatic heterocycles. The summed E-state index contributed by atoms with van der Waals surface area (Å²) in [4.78, 5) is 39.4. The van der Waals surface area contributed by atoms with Crippen molar-refractivity contribution in [1.82, 2.24) is 24.3 Å². The number of amides is 2. The minimum atomic E-state index is -0.670. The minimum Gasteiger partial charge on any atom is -0.341 e. The van der Waals surface area contributed by atoms with Crippen molar-refractivity contribution in [3.05, 3.63) is 24.2 Å². The first kappa shape index (κ1) is 18.9. The molecule has 4 rings (SSSR count). The summed E-state index contributed by atoms with van der Waals surface area (Å²) in [5, 5.41) is 0. The SMILES string of the molecule is CCCN1CCCC2(CCCN2C(=O)c2cnc3c(c2)ncn3C(C)C)C1=O. The molecule has 0 saturated carbocycles. The molecule has 1 atom stereocenters. The normalized spacial score (nSPS) is 22.8. The van der Waals surface area contributed by atoms with E-state index in [1.54, 1.807) is 12.5 Å². The van der Waals surface area contributed by atoms with Gasteiger partial charge in [0.15, 0.2) is 5.65 Å². The maximum Gasteiger partial charge on any atom is 0.256 e. The standard InChI is InChI=1S/C21H29N5O2/c1-4-9-24-10-5-7-21(20(24)28)8-6-11-26(21)19(27)16-12-17-18(22-13-16)25(14-23-17)15(2)3/h12-15H,4-11H2,1-3H3. The molecule has 1 unspecified atom stereocenters. The van der Waals surface area contributed by atoms with Gasteiger partial charge in [-0.05, 0) is 52.0 Å². The van der Waals surface area contributed by atoms with Gasteiger partial charge in [-0.25, -0.2) is 9.97 Å². The fraction of sp³-hybridized carbons (Fsp3) is 0.619. The highest BCUT2D eigenvalue weighted by Crippen LogP contribution is 2.39. The Kier molecular flexibility index (Phi) is 4.85. The van der Waals surface area contributed by atoms with Gasteiger partial charge in [-0.1, -0.05) is 6.92 Å². The molecule has 0 radical (unpaired) electrons. The number of imidazole rings is 1. The van der Waals surface area contributed by atoms with Gasteiger partial charge in [0.25, 0.3) is 5.91 Å². The van der Waals surface area contributed by atoms with E-state index in [1.165, 1.54) is 0 Å². The van der Waals surface area contributed by atoms with Crippen molar-refractivity contribution in [3.8, 4) is 0 Å². The monoisotopic (exact) mass is 383 g/mol. The second kappa shape index (κ2) is 7.18. The zero-order chi connectivity index (χ0) is 19.9. The van der Waals surface area contributed by atoms with E-state index in [-0.39, 0.29) is 17.9 Å². The summed E-state index contributed by atoms with van der Waals surface area (Å²) in [7, 11) is 0. The Morgan fingerprint density at radius 3 is 2.68 bits per heavy atom. The Balaban J connectivity index is 1.65. The molecule has 7 nitrogen and oxygen atoms in total. The highest BCUT2D eigenvalue weighted by atomic mass is 16.2. The lowest BCUT2D eigenvalue weighted by molar-refractivity contribution is -0.145. The molecule has 2 saturated heterocycles. The summed E-state index contributed by atoms with van der Waals surface area (Å²) >= 11 is 0. The first-order chi connectivity index (χ1) is 13.5. The molecule has 7 heteroatoms. The number of rotatable bonds is 4. The molecule has 0 bridgehead atoms. The van der Waals surface area contributed by atoms with E-state index in [0.717, 1.165) is 56.4 Å². The second-order valence-corrected chi connectivity index (χ2v) is 8.30. The van der Waals surface area contributed by atoms with Gasteiger partial charge in [0.05, 0.1) is 11.9 Å². The van der Waals surface area contributed by atoms with Crippen LogP contribution in [0.3, 0.4) is 0 Å². The Morgan fingerprint density at radius 2 is 1.96 bits per heavy atom. The zero-order valence-electron chi connectivity index (χ0n) is 17.0. The number of pyridine rings is 1. The molecule has 150 valence electrons. The number of nitrogens with zero attached hydrogens (tertiary/aromatic N) is 5. The van der Waals surface area contributed by atoms with Crippen LogP contribution >= 0.6 is 0 Å². The van der Waals surface area contributed by atoms with Crippen LogP contribution in [0, 0.1) is 0 Å². The number of fused-ring (bicyclic) bond motifs is 1. The van der Waals surface area contributed by atoms with Gasteiger partial charge >= 0.3 is 0 Å². The molecule has 2 aromatic heterocycles. The van der Waals surface area contributed by atoms with Gasteiger partial charge < -0.3 is 14.4 Å². The molecule has 28 heavy (non-hydrogen) atoms. The van der Waals surface area contributed by atoms with Crippen LogP contribution in [0.1, 0.15) is 69.3 Å². The molecule has 1 spiro atoms. The Labute approximate surface area is 165 Å². The van der Waals surface area contributed by atoms with Crippen LogP contribution in [0.5, 0.6) is 0 Å². The van der Waals surface area contributed by atoms with Crippen molar-refractivity contribution in [2.75, 3.05) is 19.6 Å². The maximum atomic E-state index is 13.4. The van der Waals surface area contributed by atoms with Gasteiger partial charge in [-0.15, -0.1) is 0 Å². The first-order valence-electron chi connectivity index (χ1n) is 10.4. The number of piperidine rings is 1. The van der Waals surface area contributed by atoms with Crippen molar-refractivity contribution < 1.29 is 9.59 Å². The summed E-state index contributed by atoms with van der Waals surface area (Å²) in [6.07, 6.45) is 7.68. The quantitative estimate of drug-likeness (QED) is 0.814. The van der Waals surface area contributed by atoms with Crippen molar-refractivity contribution in [1.29, 1.82) is 0 Å². The molecule has 4 heterocycles. The summed E-state index contributed by atoms with van der Waals surface area (Å²) in [5.41, 5.74) is 1.35. The number of aromatic nitrogens is 3. The number of likely N-dealkylation sites (tertiary alicyclic amines) is 2. The number of carbonyl (C=O) groups excluding carboxylic acids is 2. The third-order valence-electron chi connectivity index (χ3n) is 6.15. The van der Waals surface area contributed by atoms with E-state index in [9.17, 15) is 9.59 Å².